The molecule has 2 heteroatoms. The van der Waals surface area contributed by atoms with Gasteiger partial charge in [-0.25, -0.2) is 0 Å². The summed E-state index contributed by atoms with van der Waals surface area (Å²) < 4.78 is 4.95. The van der Waals surface area contributed by atoms with Crippen LogP contribution in [0.2, 0.25) is 0 Å². The topological polar surface area (TPSA) is 26.3 Å². The predicted octanol–water partition coefficient (Wildman–Crippen LogP) is 3.08. The summed E-state index contributed by atoms with van der Waals surface area (Å²) in [6, 6.07) is 0. The molecular weight excluding hydrogens is 188 g/mol. The number of methoxy groups -OCH3 is 1. The molecule has 0 bridgehead atoms. The lowest BCUT2D eigenvalue weighted by Crippen LogP contribution is -2.38. The van der Waals surface area contributed by atoms with Crippen molar-refractivity contribution < 1.29 is 9.53 Å². The van der Waals surface area contributed by atoms with E-state index in [1.807, 2.05) is 0 Å². The number of hydrogen-bond donors (Lipinski definition) is 0. The van der Waals surface area contributed by atoms with Gasteiger partial charge >= 0.3 is 5.97 Å². The first kappa shape index (κ1) is 10.7. The summed E-state index contributed by atoms with van der Waals surface area (Å²) in [5.74, 6) is -0.0691. The first-order valence-corrected chi connectivity index (χ1v) is 5.95. The first-order chi connectivity index (χ1) is 7.19. The van der Waals surface area contributed by atoms with Crippen LogP contribution in [0.3, 0.4) is 0 Å². The van der Waals surface area contributed by atoms with Crippen molar-refractivity contribution in [3.63, 3.8) is 0 Å². The molecule has 0 N–H and O–H groups in total. The van der Waals surface area contributed by atoms with E-state index < -0.39 is 0 Å². The molecular formula is C13H20O2. The molecule has 0 aromatic heterocycles. The quantitative estimate of drug-likeness (QED) is 0.489. The van der Waals surface area contributed by atoms with Gasteiger partial charge < -0.3 is 4.74 Å². The molecule has 0 heterocycles. The number of carbonyl (C=O) groups excluding carboxylic acids is 1. The molecule has 2 aliphatic carbocycles. The number of esters is 1. The highest BCUT2D eigenvalue weighted by Gasteiger charge is 2.48. The van der Waals surface area contributed by atoms with Crippen LogP contribution in [0.4, 0.5) is 0 Å². The minimum absolute atomic E-state index is 0.0150. The molecule has 2 nitrogen and oxygen atoms in total. The summed E-state index contributed by atoms with van der Waals surface area (Å²) in [5, 5.41) is 0. The molecule has 0 aromatic rings. The highest BCUT2D eigenvalue weighted by molar-refractivity contribution is 5.77. The lowest BCUT2D eigenvalue weighted by Gasteiger charge is -2.41. The fourth-order valence-corrected chi connectivity index (χ4v) is 3.54. The summed E-state index contributed by atoms with van der Waals surface area (Å²) in [7, 11) is 1.49. The molecule has 2 saturated carbocycles. The molecule has 1 atom stereocenters. The van der Waals surface area contributed by atoms with E-state index in [9.17, 15) is 4.79 Å². The number of carbonyl (C=O) groups is 1. The van der Waals surface area contributed by atoms with Crippen LogP contribution in [0.15, 0.2) is 12.2 Å². The van der Waals surface area contributed by atoms with Crippen LogP contribution < -0.4 is 0 Å². The highest BCUT2D eigenvalue weighted by Crippen LogP contribution is 2.54. The lowest BCUT2D eigenvalue weighted by molar-refractivity contribution is -0.149. The van der Waals surface area contributed by atoms with E-state index in [1.54, 1.807) is 0 Å². The van der Waals surface area contributed by atoms with Crippen molar-refractivity contribution in [1.29, 1.82) is 0 Å². The summed E-state index contributed by atoms with van der Waals surface area (Å²) >= 11 is 0. The second-order valence-corrected chi connectivity index (χ2v) is 5.04. The Hall–Kier alpha value is -0.790. The zero-order valence-electron chi connectivity index (χ0n) is 9.55. The Bertz CT molecular complexity index is 266. The Kier molecular flexibility index (Phi) is 2.85. The third-order valence-corrected chi connectivity index (χ3v) is 4.23. The lowest BCUT2D eigenvalue weighted by atomic mass is 9.63. The van der Waals surface area contributed by atoms with Gasteiger partial charge in [0, 0.05) is 0 Å². The highest BCUT2D eigenvalue weighted by atomic mass is 16.5. The largest absolute Gasteiger partial charge is 0.469 e. The Morgan fingerprint density at radius 3 is 2.53 bits per heavy atom. The van der Waals surface area contributed by atoms with Crippen LogP contribution in [0, 0.1) is 11.3 Å². The van der Waals surface area contributed by atoms with Gasteiger partial charge in [0.05, 0.1) is 13.0 Å². The van der Waals surface area contributed by atoms with Gasteiger partial charge in [0.2, 0.25) is 0 Å². The molecule has 1 unspecified atom stereocenters. The average Bonchev–Trinajstić information content (AvgIpc) is 2.66. The third kappa shape index (κ3) is 1.70. The van der Waals surface area contributed by atoms with Crippen molar-refractivity contribution in [2.45, 2.75) is 44.9 Å². The van der Waals surface area contributed by atoms with Gasteiger partial charge in [0.1, 0.15) is 0 Å². The third-order valence-electron chi connectivity index (χ3n) is 4.23. The van der Waals surface area contributed by atoms with Gasteiger partial charge in [-0.15, -0.1) is 0 Å². The Morgan fingerprint density at radius 1 is 1.33 bits per heavy atom. The van der Waals surface area contributed by atoms with Crippen molar-refractivity contribution >= 4 is 5.97 Å². The van der Waals surface area contributed by atoms with Crippen LogP contribution in [-0.2, 0) is 9.53 Å². The van der Waals surface area contributed by atoms with Gasteiger partial charge in [-0.2, -0.15) is 0 Å². The van der Waals surface area contributed by atoms with Crippen molar-refractivity contribution in [2.24, 2.45) is 11.3 Å². The monoisotopic (exact) mass is 208 g/mol. The van der Waals surface area contributed by atoms with Crippen molar-refractivity contribution in [1.82, 2.24) is 0 Å². The van der Waals surface area contributed by atoms with E-state index in [4.69, 9.17) is 4.74 Å². The maximum atomic E-state index is 11.9. The summed E-state index contributed by atoms with van der Waals surface area (Å²) in [5.41, 5.74) is 1.32. The summed E-state index contributed by atoms with van der Waals surface area (Å²) in [6.07, 6.45) is 8.29. The van der Waals surface area contributed by atoms with Crippen molar-refractivity contribution in [3.8, 4) is 0 Å². The van der Waals surface area contributed by atoms with Gasteiger partial charge in [-0.1, -0.05) is 25.0 Å². The van der Waals surface area contributed by atoms with E-state index in [2.05, 4.69) is 6.58 Å². The molecule has 2 aliphatic rings. The SMILES string of the molecule is C=C1CCCC2(CCCC2)C1C(=O)OC. The fraction of sp³-hybridized carbons (Fsp3) is 0.769. The zero-order chi connectivity index (χ0) is 10.9. The minimum Gasteiger partial charge on any atom is -0.469 e. The Balaban J connectivity index is 2.26. The number of rotatable bonds is 1. The van der Waals surface area contributed by atoms with Crippen LogP contribution >= 0.6 is 0 Å². The zero-order valence-corrected chi connectivity index (χ0v) is 9.55. The van der Waals surface area contributed by atoms with Gasteiger partial charge in [-0.3, -0.25) is 4.79 Å². The smallest absolute Gasteiger partial charge is 0.313 e. The minimum atomic E-state index is -0.0541. The van der Waals surface area contributed by atoms with Crippen LogP contribution in [-0.4, -0.2) is 13.1 Å². The second-order valence-electron chi connectivity index (χ2n) is 5.04. The molecule has 0 aromatic carbocycles. The van der Waals surface area contributed by atoms with Crippen molar-refractivity contribution in [2.75, 3.05) is 7.11 Å². The van der Waals surface area contributed by atoms with E-state index >= 15 is 0 Å². The summed E-state index contributed by atoms with van der Waals surface area (Å²) in [6.45, 7) is 4.08. The van der Waals surface area contributed by atoms with Crippen LogP contribution in [0.1, 0.15) is 44.9 Å². The Labute approximate surface area is 91.7 Å². The molecule has 2 fully saturated rings. The van der Waals surface area contributed by atoms with E-state index in [0.717, 1.165) is 12.0 Å². The van der Waals surface area contributed by atoms with E-state index in [1.165, 1.54) is 45.6 Å². The van der Waals surface area contributed by atoms with Crippen LogP contribution in [0.5, 0.6) is 0 Å². The molecule has 0 aliphatic heterocycles. The fourth-order valence-electron chi connectivity index (χ4n) is 3.54. The Morgan fingerprint density at radius 2 is 1.93 bits per heavy atom. The van der Waals surface area contributed by atoms with Crippen LogP contribution in [0.25, 0.3) is 0 Å². The molecule has 1 spiro atoms. The van der Waals surface area contributed by atoms with Gasteiger partial charge in [-0.05, 0) is 37.5 Å². The normalized spacial score (nSPS) is 29.4. The molecule has 0 amide bonds. The van der Waals surface area contributed by atoms with Crippen molar-refractivity contribution in [3.05, 3.63) is 12.2 Å². The average molecular weight is 208 g/mol. The first-order valence-electron chi connectivity index (χ1n) is 5.95. The maximum Gasteiger partial charge on any atom is 0.313 e. The van der Waals surface area contributed by atoms with Gasteiger partial charge in [0.15, 0.2) is 0 Å². The van der Waals surface area contributed by atoms with E-state index in [-0.39, 0.29) is 17.3 Å². The summed E-state index contributed by atoms with van der Waals surface area (Å²) in [4.78, 5) is 11.9. The molecule has 2 rings (SSSR count). The van der Waals surface area contributed by atoms with Gasteiger partial charge in [0.25, 0.3) is 0 Å². The second kappa shape index (κ2) is 3.99. The standard InChI is InChI=1S/C13H20O2/c1-10-6-5-9-13(7-3-4-8-13)11(10)12(14)15-2/h11H,1,3-9H2,2H3. The molecule has 0 radical (unpaired) electrons. The molecule has 0 saturated heterocycles. The number of hydrogen-bond acceptors (Lipinski definition) is 2. The molecule has 84 valence electrons. The predicted molar refractivity (Wildman–Crippen MR) is 59.4 cm³/mol. The maximum absolute atomic E-state index is 11.9. The number of ether oxygens (including phenoxy) is 1. The van der Waals surface area contributed by atoms with E-state index in [0.29, 0.717) is 0 Å². The molecule has 15 heavy (non-hydrogen) atoms.